The maximum absolute atomic E-state index is 13.0. The number of nitrogens with zero attached hydrogens (tertiary/aromatic N) is 3. The molecule has 0 aromatic carbocycles. The molecule has 1 fully saturated rings. The van der Waals surface area contributed by atoms with Crippen LogP contribution in [0.5, 0.6) is 0 Å². The highest BCUT2D eigenvalue weighted by Gasteiger charge is 2.45. The summed E-state index contributed by atoms with van der Waals surface area (Å²) in [6.07, 6.45) is -2.15. The molecule has 2 bridgehead atoms. The van der Waals surface area contributed by atoms with Crippen LogP contribution < -0.4 is 10.2 Å². The Morgan fingerprint density at radius 3 is 2.53 bits per heavy atom. The number of hydrogen-bond acceptors (Lipinski definition) is 5. The molecule has 0 saturated carbocycles. The standard InChI is InChI=1S/C21H27F3N4OSi/c1-20(2,3)30(4,5)29-18-12-28-11-16(18)27-19-17(28)7-6-15(26-19)13-8-14(10-25-9-13)21(22,23)24/h6-10,16,18H,11-12H2,1-5H3,(H,26,27)/t16-,18-/m1/s1. The predicted molar refractivity (Wildman–Crippen MR) is 114 cm³/mol. The van der Waals surface area contributed by atoms with E-state index in [4.69, 9.17) is 4.43 Å². The van der Waals surface area contributed by atoms with Crippen LogP contribution in [0.3, 0.4) is 0 Å². The second-order valence-corrected chi connectivity index (χ2v) is 14.4. The minimum absolute atomic E-state index is 0.0544. The van der Waals surface area contributed by atoms with Crippen LogP contribution >= 0.6 is 0 Å². The summed E-state index contributed by atoms with van der Waals surface area (Å²) in [6, 6.07) is 4.85. The lowest BCUT2D eigenvalue weighted by Crippen LogP contribution is -2.48. The molecule has 2 aromatic heterocycles. The summed E-state index contributed by atoms with van der Waals surface area (Å²) in [5.74, 6) is 0.683. The van der Waals surface area contributed by atoms with Crippen LogP contribution in [-0.2, 0) is 10.6 Å². The molecule has 162 valence electrons. The zero-order valence-electron chi connectivity index (χ0n) is 17.8. The molecule has 0 aliphatic carbocycles. The third-order valence-corrected chi connectivity index (χ3v) is 10.9. The Morgan fingerprint density at radius 1 is 1.13 bits per heavy atom. The minimum Gasteiger partial charge on any atom is -0.410 e. The van der Waals surface area contributed by atoms with Crippen molar-refractivity contribution < 1.29 is 17.6 Å². The van der Waals surface area contributed by atoms with E-state index in [-0.39, 0.29) is 17.2 Å². The average molecular weight is 437 g/mol. The summed E-state index contributed by atoms with van der Waals surface area (Å²) in [5, 5.41) is 3.59. The number of alkyl halides is 3. The molecular formula is C21H27F3N4OSi. The van der Waals surface area contributed by atoms with E-state index in [1.165, 1.54) is 6.20 Å². The molecule has 2 aliphatic heterocycles. The molecule has 0 spiro atoms. The molecule has 9 heteroatoms. The van der Waals surface area contributed by atoms with E-state index < -0.39 is 20.1 Å². The van der Waals surface area contributed by atoms with Gasteiger partial charge in [0.25, 0.3) is 0 Å². The Kier molecular flexibility index (Phi) is 4.89. The summed E-state index contributed by atoms with van der Waals surface area (Å²) in [6.45, 7) is 12.8. The largest absolute Gasteiger partial charge is 0.417 e. The van der Waals surface area contributed by atoms with Gasteiger partial charge in [-0.25, -0.2) is 4.98 Å². The van der Waals surface area contributed by atoms with E-state index in [9.17, 15) is 13.2 Å². The summed E-state index contributed by atoms with van der Waals surface area (Å²) in [4.78, 5) is 10.6. The van der Waals surface area contributed by atoms with Gasteiger partial charge < -0.3 is 14.6 Å². The van der Waals surface area contributed by atoms with Crippen molar-refractivity contribution in [3.63, 3.8) is 0 Å². The Labute approximate surface area is 175 Å². The third kappa shape index (κ3) is 3.80. The minimum atomic E-state index is -4.44. The predicted octanol–water partition coefficient (Wildman–Crippen LogP) is 5.17. The monoisotopic (exact) mass is 436 g/mol. The topological polar surface area (TPSA) is 50.3 Å². The molecule has 0 radical (unpaired) electrons. The van der Waals surface area contributed by atoms with Crippen LogP contribution in [0.2, 0.25) is 18.1 Å². The van der Waals surface area contributed by atoms with Crippen molar-refractivity contribution in [2.45, 2.75) is 57.2 Å². The second kappa shape index (κ2) is 6.95. The Morgan fingerprint density at radius 2 is 1.87 bits per heavy atom. The van der Waals surface area contributed by atoms with Crippen LogP contribution in [0, 0.1) is 0 Å². The van der Waals surface area contributed by atoms with Crippen molar-refractivity contribution in [2.24, 2.45) is 0 Å². The van der Waals surface area contributed by atoms with Crippen molar-refractivity contribution >= 4 is 19.8 Å². The number of rotatable bonds is 3. The highest BCUT2D eigenvalue weighted by atomic mass is 28.4. The SMILES string of the molecule is CC(C)(C)[Si](C)(C)O[C@@H]1CN2C[C@H]1Nc1nc(-c3cncc(C(F)(F)F)c3)ccc12. The normalized spacial score (nSPS) is 21.4. The molecule has 0 unspecified atom stereocenters. The molecule has 5 nitrogen and oxygen atoms in total. The fraction of sp³-hybridized carbons (Fsp3) is 0.524. The first-order valence-electron chi connectivity index (χ1n) is 10.1. The van der Waals surface area contributed by atoms with Crippen LogP contribution in [-0.4, -0.2) is 43.5 Å². The zero-order chi connectivity index (χ0) is 21.9. The molecule has 2 atom stereocenters. The quantitative estimate of drug-likeness (QED) is 0.673. The van der Waals surface area contributed by atoms with Crippen molar-refractivity contribution in [3.05, 3.63) is 36.2 Å². The molecule has 0 amide bonds. The molecule has 4 rings (SSSR count). The summed E-state index contributed by atoms with van der Waals surface area (Å²) in [5.41, 5.74) is 0.982. The van der Waals surface area contributed by atoms with E-state index >= 15 is 0 Å². The van der Waals surface area contributed by atoms with Gasteiger partial charge in [0.2, 0.25) is 0 Å². The average Bonchev–Trinajstić information content (AvgIpc) is 2.96. The Hall–Kier alpha value is -2.13. The fourth-order valence-corrected chi connectivity index (χ4v) is 5.02. The first-order chi connectivity index (χ1) is 13.8. The van der Waals surface area contributed by atoms with Gasteiger partial charge in [0, 0.05) is 31.0 Å². The van der Waals surface area contributed by atoms with Gasteiger partial charge >= 0.3 is 6.18 Å². The maximum Gasteiger partial charge on any atom is 0.417 e. The molecular weight excluding hydrogens is 409 g/mol. The second-order valence-electron chi connectivity index (χ2n) is 9.60. The summed E-state index contributed by atoms with van der Waals surface area (Å²) < 4.78 is 45.8. The lowest BCUT2D eigenvalue weighted by molar-refractivity contribution is -0.137. The van der Waals surface area contributed by atoms with E-state index in [0.29, 0.717) is 17.1 Å². The van der Waals surface area contributed by atoms with E-state index in [2.05, 4.69) is 54.0 Å². The number of fused-ring (bicyclic) bond motifs is 4. The van der Waals surface area contributed by atoms with Crippen molar-refractivity contribution in [1.29, 1.82) is 0 Å². The number of pyridine rings is 2. The van der Waals surface area contributed by atoms with Gasteiger partial charge in [-0.15, -0.1) is 0 Å². The number of aromatic nitrogens is 2. The lowest BCUT2D eigenvalue weighted by Gasteiger charge is -2.39. The lowest BCUT2D eigenvalue weighted by atomic mass is 10.1. The van der Waals surface area contributed by atoms with Crippen LogP contribution in [0.25, 0.3) is 11.3 Å². The Bertz CT molecular complexity index is 958. The highest BCUT2D eigenvalue weighted by molar-refractivity contribution is 6.74. The van der Waals surface area contributed by atoms with Gasteiger partial charge in [0.1, 0.15) is 0 Å². The van der Waals surface area contributed by atoms with Gasteiger partial charge in [0.15, 0.2) is 14.1 Å². The zero-order valence-corrected chi connectivity index (χ0v) is 18.8. The molecule has 2 aliphatic rings. The van der Waals surface area contributed by atoms with Gasteiger partial charge in [-0.2, -0.15) is 13.2 Å². The summed E-state index contributed by atoms with van der Waals surface area (Å²) in [7, 11) is -1.92. The van der Waals surface area contributed by atoms with E-state index in [1.807, 2.05) is 6.07 Å². The first-order valence-corrected chi connectivity index (χ1v) is 13.0. The van der Waals surface area contributed by atoms with Crippen molar-refractivity contribution in [1.82, 2.24) is 9.97 Å². The molecule has 1 N–H and O–H groups in total. The number of anilines is 2. The number of halogens is 3. The number of hydrogen-bond donors (Lipinski definition) is 1. The van der Waals surface area contributed by atoms with Crippen molar-refractivity contribution in [2.75, 3.05) is 23.3 Å². The van der Waals surface area contributed by atoms with Crippen LogP contribution in [0.15, 0.2) is 30.6 Å². The van der Waals surface area contributed by atoms with Crippen molar-refractivity contribution in [3.8, 4) is 11.3 Å². The Balaban J connectivity index is 1.59. The van der Waals surface area contributed by atoms with Crippen LogP contribution in [0.1, 0.15) is 26.3 Å². The van der Waals surface area contributed by atoms with Crippen LogP contribution in [0.4, 0.5) is 24.7 Å². The third-order valence-electron chi connectivity index (χ3n) is 6.42. The molecule has 1 saturated heterocycles. The fourth-order valence-electron chi connectivity index (χ4n) is 3.67. The van der Waals surface area contributed by atoms with Gasteiger partial charge in [0.05, 0.1) is 29.1 Å². The summed E-state index contributed by atoms with van der Waals surface area (Å²) >= 11 is 0. The van der Waals surface area contributed by atoms with Gasteiger partial charge in [-0.3, -0.25) is 4.98 Å². The van der Waals surface area contributed by atoms with E-state index in [0.717, 1.165) is 31.0 Å². The molecule has 2 aromatic rings. The van der Waals surface area contributed by atoms with Gasteiger partial charge in [-0.1, -0.05) is 20.8 Å². The first kappa shape index (κ1) is 21.1. The highest BCUT2D eigenvalue weighted by Crippen LogP contribution is 2.42. The molecule has 4 heterocycles. The smallest absolute Gasteiger partial charge is 0.410 e. The maximum atomic E-state index is 13.0. The number of nitrogens with one attached hydrogen (secondary N) is 1. The van der Waals surface area contributed by atoms with E-state index in [1.54, 1.807) is 6.07 Å². The molecule has 30 heavy (non-hydrogen) atoms. The van der Waals surface area contributed by atoms with Gasteiger partial charge in [-0.05, 0) is 36.3 Å².